The molecule has 4 bridgehead atoms. The zero-order valence-corrected chi connectivity index (χ0v) is 12.1. The number of esters is 1. The average molecular weight is 302 g/mol. The van der Waals surface area contributed by atoms with Crippen LogP contribution in [0, 0.1) is 17.8 Å². The first-order valence-electron chi connectivity index (χ1n) is 7.47. The van der Waals surface area contributed by atoms with Crippen molar-refractivity contribution >= 4 is 11.8 Å². The maximum Gasteiger partial charge on any atom is 0.332 e. The van der Waals surface area contributed by atoms with Gasteiger partial charge in [-0.1, -0.05) is 0 Å². The lowest BCUT2D eigenvalue weighted by molar-refractivity contribution is -0.188. The normalized spacial score (nSPS) is 37.9. The molecule has 0 radical (unpaired) electrons. The number of ether oxygens (including phenoxy) is 2. The minimum Gasteiger partial charge on any atom is -0.458 e. The smallest absolute Gasteiger partial charge is 0.332 e. The van der Waals surface area contributed by atoms with Gasteiger partial charge in [0.25, 0.3) is 5.92 Å². The van der Waals surface area contributed by atoms with E-state index in [-0.39, 0.29) is 18.4 Å². The summed E-state index contributed by atoms with van der Waals surface area (Å²) in [6, 6.07) is 0. The number of ketones is 1. The highest BCUT2D eigenvalue weighted by Crippen LogP contribution is 2.55. The van der Waals surface area contributed by atoms with Crippen LogP contribution in [0.4, 0.5) is 8.78 Å². The summed E-state index contributed by atoms with van der Waals surface area (Å²) in [5, 5.41) is 0. The van der Waals surface area contributed by atoms with Crippen molar-refractivity contribution in [3.63, 3.8) is 0 Å². The lowest BCUT2D eigenvalue weighted by Gasteiger charge is -2.55. The molecule has 4 rings (SSSR count). The van der Waals surface area contributed by atoms with Gasteiger partial charge in [0.15, 0.2) is 6.61 Å². The third kappa shape index (κ3) is 3.10. The maximum absolute atomic E-state index is 12.6. The molecule has 0 heterocycles. The van der Waals surface area contributed by atoms with Crippen LogP contribution in [0.1, 0.15) is 39.0 Å². The van der Waals surface area contributed by atoms with Crippen LogP contribution in [0.5, 0.6) is 0 Å². The van der Waals surface area contributed by atoms with E-state index in [1.54, 1.807) is 0 Å². The van der Waals surface area contributed by atoms with Gasteiger partial charge in [-0.3, -0.25) is 4.79 Å². The highest BCUT2D eigenvalue weighted by molar-refractivity contribution is 5.85. The van der Waals surface area contributed by atoms with Crippen molar-refractivity contribution in [1.29, 1.82) is 0 Å². The molecule has 6 heteroatoms. The highest BCUT2D eigenvalue weighted by atomic mass is 19.3. The van der Waals surface area contributed by atoms with Gasteiger partial charge in [-0.25, -0.2) is 13.6 Å². The lowest BCUT2D eigenvalue weighted by Crippen LogP contribution is -2.56. The van der Waals surface area contributed by atoms with E-state index in [9.17, 15) is 18.4 Å². The van der Waals surface area contributed by atoms with Crippen molar-refractivity contribution in [2.45, 2.75) is 50.6 Å². The number of rotatable bonds is 5. The molecule has 4 nitrogen and oxygen atoms in total. The molecule has 4 aliphatic carbocycles. The lowest BCUT2D eigenvalue weighted by atomic mass is 9.53. The van der Waals surface area contributed by atoms with Crippen LogP contribution in [-0.4, -0.2) is 36.5 Å². The summed E-state index contributed by atoms with van der Waals surface area (Å²) in [6.45, 7) is -0.531. The first-order chi connectivity index (χ1) is 9.76. The van der Waals surface area contributed by atoms with Crippen LogP contribution in [0.3, 0.4) is 0 Å². The number of hydrogen-bond donors (Lipinski definition) is 0. The molecule has 118 valence electrons. The molecular formula is C15H20F2O4. The Morgan fingerprint density at radius 1 is 1.29 bits per heavy atom. The van der Waals surface area contributed by atoms with Crippen molar-refractivity contribution in [3.8, 4) is 0 Å². The molecule has 0 spiro atoms. The Labute approximate surface area is 122 Å². The van der Waals surface area contributed by atoms with Crippen LogP contribution < -0.4 is 0 Å². The molecule has 2 unspecified atom stereocenters. The van der Waals surface area contributed by atoms with Gasteiger partial charge in [-0.05, 0) is 38.0 Å². The Bertz CT molecular complexity index is 439. The Hall–Kier alpha value is -1.04. The first kappa shape index (κ1) is 14.9. The number of carbonyl (C=O) groups is 2. The second-order valence-electron chi connectivity index (χ2n) is 6.95. The fourth-order valence-electron chi connectivity index (χ4n) is 4.31. The average Bonchev–Trinajstić information content (AvgIpc) is 2.38. The topological polar surface area (TPSA) is 52.6 Å². The van der Waals surface area contributed by atoms with Crippen LogP contribution in [0.25, 0.3) is 0 Å². The van der Waals surface area contributed by atoms with Gasteiger partial charge in [0.05, 0.1) is 5.60 Å². The highest BCUT2D eigenvalue weighted by Gasteiger charge is 2.55. The predicted molar refractivity (Wildman–Crippen MR) is 68.8 cm³/mol. The Kier molecular flexibility index (Phi) is 3.55. The largest absolute Gasteiger partial charge is 0.458 e. The molecule has 0 amide bonds. The van der Waals surface area contributed by atoms with Crippen molar-refractivity contribution in [2.24, 2.45) is 17.8 Å². The molecular weight excluding hydrogens is 282 g/mol. The molecule has 0 aliphatic heterocycles. The van der Waals surface area contributed by atoms with E-state index in [1.807, 2.05) is 0 Å². The minimum absolute atomic E-state index is 0.0623. The van der Waals surface area contributed by atoms with Gasteiger partial charge in [0.1, 0.15) is 12.4 Å². The Balaban J connectivity index is 1.54. The molecule has 4 fully saturated rings. The summed E-state index contributed by atoms with van der Waals surface area (Å²) < 4.78 is 35.5. The number of Topliss-reactive ketones (excluding diaryl/α,β-unsaturated/α-hetero) is 1. The quantitative estimate of drug-likeness (QED) is 0.732. The van der Waals surface area contributed by atoms with Gasteiger partial charge in [-0.2, -0.15) is 0 Å². The number of hydrogen-bond acceptors (Lipinski definition) is 4. The van der Waals surface area contributed by atoms with Gasteiger partial charge >= 0.3 is 5.97 Å². The summed E-state index contributed by atoms with van der Waals surface area (Å²) in [7, 11) is 0. The van der Waals surface area contributed by atoms with Crippen molar-refractivity contribution in [1.82, 2.24) is 0 Å². The van der Waals surface area contributed by atoms with E-state index < -0.39 is 24.1 Å². The van der Waals surface area contributed by atoms with Crippen LogP contribution in [-0.2, 0) is 19.1 Å². The predicted octanol–water partition coefficient (Wildman–Crippen LogP) is 2.35. The van der Waals surface area contributed by atoms with E-state index in [0.717, 1.165) is 19.3 Å². The van der Waals surface area contributed by atoms with Gasteiger partial charge in [-0.15, -0.1) is 0 Å². The second kappa shape index (κ2) is 5.00. The van der Waals surface area contributed by atoms with Gasteiger partial charge in [0, 0.05) is 18.8 Å². The second-order valence-corrected chi connectivity index (χ2v) is 6.95. The fraction of sp³-hybridized carbons (Fsp3) is 0.867. The van der Waals surface area contributed by atoms with E-state index >= 15 is 0 Å². The first-order valence-corrected chi connectivity index (χ1v) is 7.47. The van der Waals surface area contributed by atoms with Crippen LogP contribution in [0.2, 0.25) is 0 Å². The van der Waals surface area contributed by atoms with Crippen molar-refractivity contribution < 1.29 is 27.8 Å². The fourth-order valence-corrected chi connectivity index (χ4v) is 4.31. The van der Waals surface area contributed by atoms with E-state index in [4.69, 9.17) is 4.74 Å². The number of carbonyl (C=O) groups excluding carboxylic acids is 2. The van der Waals surface area contributed by atoms with Crippen LogP contribution >= 0.6 is 0 Å². The standard InChI is InChI=1S/C15H20F2O4/c1-14(16,17)8-20-12(18)7-21-15-4-9-2-10(5-15)13(19)11(3-9)6-15/h9-11H,2-8H2,1H3. The Morgan fingerprint density at radius 3 is 2.48 bits per heavy atom. The number of alkyl halides is 2. The molecule has 0 aromatic heterocycles. The molecule has 4 saturated carbocycles. The molecule has 4 aliphatic rings. The minimum atomic E-state index is -3.03. The molecule has 0 aromatic carbocycles. The summed E-state index contributed by atoms with van der Waals surface area (Å²) in [5.41, 5.74) is -0.418. The Morgan fingerprint density at radius 2 is 1.90 bits per heavy atom. The molecule has 2 atom stereocenters. The van der Waals surface area contributed by atoms with Crippen molar-refractivity contribution in [2.75, 3.05) is 13.2 Å². The van der Waals surface area contributed by atoms with E-state index in [1.165, 1.54) is 0 Å². The van der Waals surface area contributed by atoms with Gasteiger partial charge in [0.2, 0.25) is 0 Å². The van der Waals surface area contributed by atoms with E-state index in [0.29, 0.717) is 31.5 Å². The summed E-state index contributed by atoms with van der Waals surface area (Å²) in [6.07, 6.45) is 4.07. The third-order valence-corrected chi connectivity index (χ3v) is 4.92. The molecule has 0 N–H and O–H groups in total. The molecule has 0 saturated heterocycles. The number of halogens is 2. The third-order valence-electron chi connectivity index (χ3n) is 4.92. The monoisotopic (exact) mass is 302 g/mol. The SMILES string of the molecule is CC(F)(F)COC(=O)COC12CC3CC(C1)C(=O)C(C3)C2. The van der Waals surface area contributed by atoms with Crippen LogP contribution in [0.15, 0.2) is 0 Å². The zero-order chi connectivity index (χ0) is 15.3. The van der Waals surface area contributed by atoms with Crippen molar-refractivity contribution in [3.05, 3.63) is 0 Å². The zero-order valence-electron chi connectivity index (χ0n) is 12.1. The summed E-state index contributed by atoms with van der Waals surface area (Å²) in [4.78, 5) is 23.5. The summed E-state index contributed by atoms with van der Waals surface area (Å²) >= 11 is 0. The molecule has 0 aromatic rings. The maximum atomic E-state index is 12.6. The molecule has 21 heavy (non-hydrogen) atoms. The summed E-state index contributed by atoms with van der Waals surface area (Å²) in [5.74, 6) is -2.82. The van der Waals surface area contributed by atoms with Gasteiger partial charge < -0.3 is 9.47 Å². The van der Waals surface area contributed by atoms with E-state index in [2.05, 4.69) is 4.74 Å².